The third-order valence-corrected chi connectivity index (χ3v) is 6.15. The Morgan fingerprint density at radius 1 is 0.462 bits per heavy atom. The van der Waals surface area contributed by atoms with Crippen LogP contribution in [0.3, 0.4) is 0 Å². The second kappa shape index (κ2) is 28.9. The van der Waals surface area contributed by atoms with Crippen molar-refractivity contribution < 1.29 is 38.1 Å². The number of carbonyl (C=O) groups excluding carboxylic acids is 4. The van der Waals surface area contributed by atoms with E-state index in [4.69, 9.17) is 18.9 Å². The normalized spacial score (nSPS) is 11.9. The van der Waals surface area contributed by atoms with Crippen LogP contribution in [0.15, 0.2) is 0 Å². The van der Waals surface area contributed by atoms with Gasteiger partial charge >= 0.3 is 23.9 Å². The summed E-state index contributed by atoms with van der Waals surface area (Å²) in [5.41, 5.74) is 0. The van der Waals surface area contributed by atoms with E-state index in [1.807, 2.05) is 27.7 Å². The fourth-order valence-electron chi connectivity index (χ4n) is 3.25. The molecule has 0 spiro atoms. The zero-order chi connectivity index (χ0) is 29.7. The molecule has 0 saturated carbocycles. The second-order valence-corrected chi connectivity index (χ2v) is 10.0. The van der Waals surface area contributed by atoms with Gasteiger partial charge in [0.1, 0.15) is 0 Å². The molecule has 0 fully saturated rings. The fourth-order valence-corrected chi connectivity index (χ4v) is 3.25. The summed E-state index contributed by atoms with van der Waals surface area (Å²) in [4.78, 5) is 45.5. The molecule has 0 aliphatic heterocycles. The van der Waals surface area contributed by atoms with E-state index in [0.717, 1.165) is 38.5 Å². The molecule has 0 rings (SSSR count). The molecule has 0 aromatic heterocycles. The molecule has 0 N–H and O–H groups in total. The molecular weight excluding hydrogens is 500 g/mol. The predicted molar refractivity (Wildman–Crippen MR) is 154 cm³/mol. The van der Waals surface area contributed by atoms with Crippen LogP contribution in [0.5, 0.6) is 0 Å². The van der Waals surface area contributed by atoms with Crippen molar-refractivity contribution in [2.45, 2.75) is 163 Å². The average molecular weight is 559 g/mol. The SMILES string of the molecule is CCCCCCCCOC(=O)CCC(=O)OC(C)CC.CCCCCCCOC(=O)CCC(=O)OC(C)CC. The summed E-state index contributed by atoms with van der Waals surface area (Å²) in [7, 11) is 0. The summed E-state index contributed by atoms with van der Waals surface area (Å²) < 4.78 is 20.3. The molecule has 0 aromatic carbocycles. The Bertz CT molecular complexity index is 620. The van der Waals surface area contributed by atoms with E-state index >= 15 is 0 Å². The standard InChI is InChI=1S/C16H30O4.C15H28O4/c1-4-6-7-8-9-10-13-19-15(17)11-12-16(18)20-14(3)5-2;1-4-6-7-8-9-12-18-14(16)10-11-15(17)19-13(3)5-2/h14H,4-13H2,1-3H3;13H,4-12H2,1-3H3. The minimum absolute atomic E-state index is 0.0814. The van der Waals surface area contributed by atoms with Gasteiger partial charge in [-0.2, -0.15) is 0 Å². The van der Waals surface area contributed by atoms with Crippen LogP contribution in [0.1, 0.15) is 151 Å². The van der Waals surface area contributed by atoms with Gasteiger partial charge in [-0.3, -0.25) is 19.2 Å². The molecule has 0 aliphatic carbocycles. The summed E-state index contributed by atoms with van der Waals surface area (Å²) in [5, 5.41) is 0. The maximum Gasteiger partial charge on any atom is 0.306 e. The summed E-state index contributed by atoms with van der Waals surface area (Å²) in [6, 6.07) is 0. The molecule has 39 heavy (non-hydrogen) atoms. The van der Waals surface area contributed by atoms with Crippen LogP contribution < -0.4 is 0 Å². The average Bonchev–Trinajstić information content (AvgIpc) is 2.92. The number of hydrogen-bond acceptors (Lipinski definition) is 8. The van der Waals surface area contributed by atoms with Gasteiger partial charge in [0.25, 0.3) is 0 Å². The van der Waals surface area contributed by atoms with E-state index in [-0.39, 0.29) is 61.8 Å². The van der Waals surface area contributed by atoms with E-state index in [0.29, 0.717) is 13.2 Å². The summed E-state index contributed by atoms with van der Waals surface area (Å²) in [5.74, 6) is -1.26. The molecule has 0 amide bonds. The van der Waals surface area contributed by atoms with Gasteiger partial charge < -0.3 is 18.9 Å². The van der Waals surface area contributed by atoms with Gasteiger partial charge in [0.15, 0.2) is 0 Å². The van der Waals surface area contributed by atoms with Gasteiger partial charge in [0, 0.05) is 0 Å². The Kier molecular flexibility index (Phi) is 28.9. The lowest BCUT2D eigenvalue weighted by Gasteiger charge is -2.10. The lowest BCUT2D eigenvalue weighted by molar-refractivity contribution is -0.153. The van der Waals surface area contributed by atoms with Crippen molar-refractivity contribution in [3.05, 3.63) is 0 Å². The van der Waals surface area contributed by atoms with Gasteiger partial charge in [0.2, 0.25) is 0 Å². The van der Waals surface area contributed by atoms with Crippen molar-refractivity contribution in [1.82, 2.24) is 0 Å². The van der Waals surface area contributed by atoms with Gasteiger partial charge in [-0.25, -0.2) is 0 Å². The molecule has 0 radical (unpaired) electrons. The van der Waals surface area contributed by atoms with Crippen molar-refractivity contribution in [2.75, 3.05) is 13.2 Å². The number of rotatable bonds is 23. The molecule has 2 unspecified atom stereocenters. The summed E-state index contributed by atoms with van der Waals surface area (Å²) >= 11 is 0. The van der Waals surface area contributed by atoms with Crippen LogP contribution in [0.4, 0.5) is 0 Å². The van der Waals surface area contributed by atoms with Crippen molar-refractivity contribution in [3.8, 4) is 0 Å². The molecule has 0 saturated heterocycles. The molecule has 8 nitrogen and oxygen atoms in total. The first-order valence-electron chi connectivity index (χ1n) is 15.4. The van der Waals surface area contributed by atoms with Gasteiger partial charge in [0.05, 0.1) is 51.1 Å². The van der Waals surface area contributed by atoms with Crippen LogP contribution in [-0.4, -0.2) is 49.3 Å². The first-order valence-corrected chi connectivity index (χ1v) is 15.4. The van der Waals surface area contributed by atoms with Crippen LogP contribution in [0, 0.1) is 0 Å². The highest BCUT2D eigenvalue weighted by Gasteiger charge is 2.12. The molecule has 0 aliphatic rings. The smallest absolute Gasteiger partial charge is 0.306 e. The van der Waals surface area contributed by atoms with Crippen molar-refractivity contribution >= 4 is 23.9 Å². The maximum absolute atomic E-state index is 11.4. The van der Waals surface area contributed by atoms with Crippen LogP contribution in [0.25, 0.3) is 0 Å². The third-order valence-electron chi connectivity index (χ3n) is 6.15. The van der Waals surface area contributed by atoms with Crippen LogP contribution in [0.2, 0.25) is 0 Å². The highest BCUT2D eigenvalue weighted by Crippen LogP contribution is 2.07. The third kappa shape index (κ3) is 30.3. The molecule has 8 heteroatoms. The maximum atomic E-state index is 11.4. The molecule has 230 valence electrons. The number of hydrogen-bond donors (Lipinski definition) is 0. The number of unbranched alkanes of at least 4 members (excludes halogenated alkanes) is 9. The lowest BCUT2D eigenvalue weighted by atomic mass is 10.1. The Balaban J connectivity index is 0. The molecular formula is C31H58O8. The first kappa shape index (κ1) is 39.0. The molecule has 0 heterocycles. The van der Waals surface area contributed by atoms with E-state index in [1.54, 1.807) is 0 Å². The van der Waals surface area contributed by atoms with Gasteiger partial charge in [-0.05, 0) is 39.5 Å². The Hall–Kier alpha value is -2.12. The van der Waals surface area contributed by atoms with Gasteiger partial charge in [-0.1, -0.05) is 85.5 Å². The van der Waals surface area contributed by atoms with Gasteiger partial charge in [-0.15, -0.1) is 0 Å². The Morgan fingerprint density at radius 3 is 1.10 bits per heavy atom. The number of esters is 4. The summed E-state index contributed by atoms with van der Waals surface area (Å²) in [6.45, 7) is 12.9. The van der Waals surface area contributed by atoms with E-state index in [2.05, 4.69) is 13.8 Å². The zero-order valence-corrected chi connectivity index (χ0v) is 25.9. The first-order chi connectivity index (χ1) is 18.7. The minimum atomic E-state index is -0.325. The number of ether oxygens (including phenoxy) is 4. The monoisotopic (exact) mass is 558 g/mol. The van der Waals surface area contributed by atoms with E-state index < -0.39 is 0 Å². The fraction of sp³-hybridized carbons (Fsp3) is 0.871. The van der Waals surface area contributed by atoms with Crippen LogP contribution in [-0.2, 0) is 38.1 Å². The van der Waals surface area contributed by atoms with Crippen molar-refractivity contribution in [2.24, 2.45) is 0 Å². The summed E-state index contributed by atoms with van der Waals surface area (Å²) in [6.07, 6.45) is 14.5. The minimum Gasteiger partial charge on any atom is -0.466 e. The zero-order valence-electron chi connectivity index (χ0n) is 25.9. The predicted octanol–water partition coefficient (Wildman–Crippen LogP) is 7.63. The lowest BCUT2D eigenvalue weighted by Crippen LogP contribution is -2.15. The molecule has 0 bridgehead atoms. The van der Waals surface area contributed by atoms with Crippen molar-refractivity contribution in [1.29, 1.82) is 0 Å². The highest BCUT2D eigenvalue weighted by atomic mass is 16.6. The highest BCUT2D eigenvalue weighted by molar-refractivity contribution is 5.78. The Labute approximate surface area is 238 Å². The number of carbonyl (C=O) groups is 4. The van der Waals surface area contributed by atoms with E-state index in [1.165, 1.54) is 44.9 Å². The van der Waals surface area contributed by atoms with Crippen molar-refractivity contribution in [3.63, 3.8) is 0 Å². The molecule has 0 aromatic rings. The second-order valence-electron chi connectivity index (χ2n) is 10.0. The Morgan fingerprint density at radius 2 is 0.769 bits per heavy atom. The van der Waals surface area contributed by atoms with E-state index in [9.17, 15) is 19.2 Å². The largest absolute Gasteiger partial charge is 0.466 e. The molecule has 2 atom stereocenters. The quantitative estimate of drug-likeness (QED) is 0.0716. The van der Waals surface area contributed by atoms with Crippen LogP contribution >= 0.6 is 0 Å². The topological polar surface area (TPSA) is 105 Å².